The number of fused-ring (bicyclic) bond motifs is 1. The van der Waals surface area contributed by atoms with Gasteiger partial charge in [-0.3, -0.25) is 4.79 Å². The maximum Gasteiger partial charge on any atom is 0.322 e. The van der Waals surface area contributed by atoms with Crippen molar-refractivity contribution in [3.05, 3.63) is 29.6 Å². The van der Waals surface area contributed by atoms with Crippen LogP contribution in [0.25, 0.3) is 0 Å². The average molecular weight is 323 g/mol. The van der Waals surface area contributed by atoms with Gasteiger partial charge in [-0.2, -0.15) is 0 Å². The molecular weight excluding hydrogens is 305 g/mol. The van der Waals surface area contributed by atoms with Crippen molar-refractivity contribution in [1.82, 2.24) is 10.2 Å². The highest BCUT2D eigenvalue weighted by Gasteiger charge is 2.30. The third kappa shape index (κ3) is 3.43. The predicted octanol–water partition coefficient (Wildman–Crippen LogP) is 0.297. The highest BCUT2D eigenvalue weighted by atomic mass is 19.1. The molecule has 3 rings (SSSR count). The number of rotatable bonds is 5. The molecule has 0 unspecified atom stereocenters. The third-order valence-corrected chi connectivity index (χ3v) is 4.07. The van der Waals surface area contributed by atoms with Crippen LogP contribution in [0.1, 0.15) is 5.56 Å². The highest BCUT2D eigenvalue weighted by molar-refractivity contribution is 5.94. The highest BCUT2D eigenvalue weighted by Crippen LogP contribution is 2.23. The summed E-state index contributed by atoms with van der Waals surface area (Å²) in [6, 6.07) is 3.31. The number of ether oxygens (including phenoxy) is 1. The number of nitrogens with one attached hydrogen (secondary N) is 2. The molecule has 23 heavy (non-hydrogen) atoms. The zero-order valence-corrected chi connectivity index (χ0v) is 12.4. The summed E-state index contributed by atoms with van der Waals surface area (Å²) in [7, 11) is 0. The maximum atomic E-state index is 13.3. The number of carbonyl (C=O) groups excluding carboxylic acids is 2. The number of nitrogens with zero attached hydrogens (tertiary/aromatic N) is 1. The summed E-state index contributed by atoms with van der Waals surface area (Å²) in [4.78, 5) is 25.4. The lowest BCUT2D eigenvalue weighted by Gasteiger charge is -2.34. The van der Waals surface area contributed by atoms with Gasteiger partial charge >= 0.3 is 6.03 Å². The molecule has 0 bridgehead atoms. The molecule has 3 N–H and O–H groups in total. The SMILES string of the molecule is O=C(CN1Cc2cc(F)ccc2NC1=O)N[C@H](CO)C1COC1. The van der Waals surface area contributed by atoms with Gasteiger partial charge in [0.05, 0.1) is 32.4 Å². The molecule has 0 saturated carbocycles. The summed E-state index contributed by atoms with van der Waals surface area (Å²) in [6.07, 6.45) is 0. The van der Waals surface area contributed by atoms with Crippen LogP contribution in [0, 0.1) is 11.7 Å². The van der Waals surface area contributed by atoms with Gasteiger partial charge in [0.25, 0.3) is 0 Å². The van der Waals surface area contributed by atoms with Gasteiger partial charge in [-0.15, -0.1) is 0 Å². The van der Waals surface area contributed by atoms with E-state index in [2.05, 4.69) is 10.6 Å². The summed E-state index contributed by atoms with van der Waals surface area (Å²) in [5.74, 6) is -0.672. The van der Waals surface area contributed by atoms with E-state index in [0.29, 0.717) is 24.5 Å². The second-order valence-electron chi connectivity index (χ2n) is 5.74. The number of urea groups is 1. The van der Waals surface area contributed by atoms with E-state index >= 15 is 0 Å². The molecule has 2 aliphatic rings. The first-order chi connectivity index (χ1) is 11.1. The Balaban J connectivity index is 1.61. The first kappa shape index (κ1) is 15.7. The van der Waals surface area contributed by atoms with Crippen LogP contribution < -0.4 is 10.6 Å². The first-order valence-electron chi connectivity index (χ1n) is 7.39. The quantitative estimate of drug-likeness (QED) is 0.727. The number of hydrogen-bond donors (Lipinski definition) is 3. The fraction of sp³-hybridized carbons (Fsp3) is 0.467. The standard InChI is InChI=1S/C15H18FN3O4/c16-11-1-2-12-9(3-11)4-19(15(22)18-12)5-14(21)17-13(6-20)10-7-23-8-10/h1-3,10,13,20H,4-8H2,(H,17,21)(H,18,22)/t13-/m1/s1. The Kier molecular flexibility index (Phi) is 4.44. The molecule has 2 aliphatic heterocycles. The molecule has 1 fully saturated rings. The van der Waals surface area contributed by atoms with Gasteiger partial charge in [-0.25, -0.2) is 9.18 Å². The molecular formula is C15H18FN3O4. The van der Waals surface area contributed by atoms with E-state index in [4.69, 9.17) is 4.74 Å². The molecule has 1 aromatic carbocycles. The molecule has 1 saturated heterocycles. The minimum Gasteiger partial charge on any atom is -0.394 e. The molecule has 0 aromatic heterocycles. The number of carbonyl (C=O) groups is 2. The Morgan fingerprint density at radius 2 is 2.30 bits per heavy atom. The Morgan fingerprint density at radius 3 is 2.96 bits per heavy atom. The van der Waals surface area contributed by atoms with E-state index in [1.807, 2.05) is 0 Å². The summed E-state index contributed by atoms with van der Waals surface area (Å²) in [5, 5.41) is 14.7. The van der Waals surface area contributed by atoms with E-state index < -0.39 is 11.8 Å². The van der Waals surface area contributed by atoms with E-state index in [0.717, 1.165) is 0 Å². The Hall–Kier alpha value is -2.19. The summed E-state index contributed by atoms with van der Waals surface area (Å²) in [6.45, 7) is 0.819. The van der Waals surface area contributed by atoms with Crippen LogP contribution in [-0.2, 0) is 16.1 Å². The van der Waals surface area contributed by atoms with Gasteiger partial charge in [-0.1, -0.05) is 0 Å². The lowest BCUT2D eigenvalue weighted by molar-refractivity contribution is -0.125. The Labute approximate surface area is 132 Å². The molecule has 3 amide bonds. The van der Waals surface area contributed by atoms with Crippen molar-refractivity contribution < 1.29 is 23.8 Å². The Bertz CT molecular complexity index is 621. The molecule has 1 atom stereocenters. The second-order valence-corrected chi connectivity index (χ2v) is 5.74. The smallest absolute Gasteiger partial charge is 0.322 e. The monoisotopic (exact) mass is 323 g/mol. The second kappa shape index (κ2) is 6.51. The van der Waals surface area contributed by atoms with Crippen molar-refractivity contribution >= 4 is 17.6 Å². The van der Waals surface area contributed by atoms with Crippen LogP contribution in [0.2, 0.25) is 0 Å². The van der Waals surface area contributed by atoms with Crippen LogP contribution >= 0.6 is 0 Å². The van der Waals surface area contributed by atoms with Gasteiger partial charge in [0.15, 0.2) is 0 Å². The number of benzene rings is 1. The number of halogens is 1. The maximum absolute atomic E-state index is 13.3. The first-order valence-corrected chi connectivity index (χ1v) is 7.39. The van der Waals surface area contributed by atoms with E-state index in [-0.39, 0.29) is 37.6 Å². The normalized spacial score (nSPS) is 18.7. The van der Waals surface area contributed by atoms with Crippen LogP contribution in [0.4, 0.5) is 14.9 Å². The molecule has 1 aromatic rings. The van der Waals surface area contributed by atoms with Gasteiger partial charge in [0.1, 0.15) is 12.4 Å². The fourth-order valence-corrected chi connectivity index (χ4v) is 2.64. The number of anilines is 1. The Morgan fingerprint density at radius 1 is 1.52 bits per heavy atom. The lowest BCUT2D eigenvalue weighted by atomic mass is 9.99. The van der Waals surface area contributed by atoms with Crippen LogP contribution in [-0.4, -0.2) is 54.4 Å². The van der Waals surface area contributed by atoms with Gasteiger partial charge in [0.2, 0.25) is 5.91 Å². The summed E-state index contributed by atoms with van der Waals surface area (Å²) < 4.78 is 18.3. The van der Waals surface area contributed by atoms with Crippen LogP contribution in [0.3, 0.4) is 0 Å². The van der Waals surface area contributed by atoms with E-state index in [9.17, 15) is 19.1 Å². The lowest BCUT2D eigenvalue weighted by Crippen LogP contribution is -2.53. The molecule has 0 spiro atoms. The van der Waals surface area contributed by atoms with Crippen molar-refractivity contribution in [3.63, 3.8) is 0 Å². The average Bonchev–Trinajstić information content (AvgIpc) is 2.46. The molecule has 8 heteroatoms. The topological polar surface area (TPSA) is 90.9 Å². The minimum absolute atomic E-state index is 0.0916. The molecule has 124 valence electrons. The largest absolute Gasteiger partial charge is 0.394 e. The zero-order chi connectivity index (χ0) is 16.4. The van der Waals surface area contributed by atoms with E-state index in [1.165, 1.54) is 23.1 Å². The van der Waals surface area contributed by atoms with Crippen molar-refractivity contribution in [1.29, 1.82) is 0 Å². The number of amides is 3. The van der Waals surface area contributed by atoms with Gasteiger partial charge < -0.3 is 25.4 Å². The van der Waals surface area contributed by atoms with Crippen LogP contribution in [0.5, 0.6) is 0 Å². The molecule has 0 aliphatic carbocycles. The van der Waals surface area contributed by atoms with Crippen LogP contribution in [0.15, 0.2) is 18.2 Å². The number of aliphatic hydroxyl groups is 1. The molecule has 2 heterocycles. The zero-order valence-electron chi connectivity index (χ0n) is 12.4. The van der Waals surface area contributed by atoms with Crippen molar-refractivity contribution in [2.45, 2.75) is 12.6 Å². The van der Waals surface area contributed by atoms with Crippen molar-refractivity contribution in [2.75, 3.05) is 31.7 Å². The van der Waals surface area contributed by atoms with Gasteiger partial charge in [-0.05, 0) is 23.8 Å². The summed E-state index contributed by atoms with van der Waals surface area (Å²) >= 11 is 0. The van der Waals surface area contributed by atoms with Crippen molar-refractivity contribution in [2.24, 2.45) is 5.92 Å². The molecule has 0 radical (unpaired) electrons. The fourth-order valence-electron chi connectivity index (χ4n) is 2.64. The van der Waals surface area contributed by atoms with E-state index in [1.54, 1.807) is 0 Å². The predicted molar refractivity (Wildman–Crippen MR) is 79.2 cm³/mol. The minimum atomic E-state index is -0.410. The number of aliphatic hydroxyl groups excluding tert-OH is 1. The van der Waals surface area contributed by atoms with Gasteiger partial charge in [0, 0.05) is 11.6 Å². The molecule has 7 nitrogen and oxygen atoms in total. The summed E-state index contributed by atoms with van der Waals surface area (Å²) in [5.41, 5.74) is 1.16. The third-order valence-electron chi connectivity index (χ3n) is 4.07. The number of hydrogen-bond acceptors (Lipinski definition) is 4. The van der Waals surface area contributed by atoms with Crippen molar-refractivity contribution in [3.8, 4) is 0 Å².